The summed E-state index contributed by atoms with van der Waals surface area (Å²) in [5.41, 5.74) is 0.610. The van der Waals surface area contributed by atoms with Gasteiger partial charge in [0.15, 0.2) is 5.78 Å². The number of hydrogen-bond acceptors (Lipinski definition) is 2. The van der Waals surface area contributed by atoms with E-state index in [-0.39, 0.29) is 12.4 Å². The Balaban J connectivity index is 2.52. The number of carbonyl (C=O) groups excluding carboxylic acids is 1. The van der Waals surface area contributed by atoms with Crippen LogP contribution in [0.15, 0.2) is 36.9 Å². The van der Waals surface area contributed by atoms with Gasteiger partial charge in [0.2, 0.25) is 0 Å². The highest BCUT2D eigenvalue weighted by molar-refractivity contribution is 6.30. The van der Waals surface area contributed by atoms with Gasteiger partial charge in [0.1, 0.15) is 6.61 Å². The first-order chi connectivity index (χ1) is 6.74. The van der Waals surface area contributed by atoms with Crippen molar-refractivity contribution in [2.45, 2.75) is 0 Å². The Morgan fingerprint density at radius 2 is 2.07 bits per heavy atom. The van der Waals surface area contributed by atoms with Crippen LogP contribution in [0, 0.1) is 0 Å². The Bertz CT molecular complexity index is 317. The fraction of sp³-hybridized carbons (Fsp3) is 0.182. The van der Waals surface area contributed by atoms with Crippen LogP contribution in [-0.4, -0.2) is 19.0 Å². The van der Waals surface area contributed by atoms with Gasteiger partial charge in [0, 0.05) is 10.6 Å². The molecule has 1 rings (SSSR count). The van der Waals surface area contributed by atoms with E-state index in [9.17, 15) is 4.79 Å². The van der Waals surface area contributed by atoms with Gasteiger partial charge in [-0.15, -0.1) is 6.58 Å². The Morgan fingerprint density at radius 3 is 2.64 bits per heavy atom. The second-order valence-corrected chi connectivity index (χ2v) is 3.17. The normalized spacial score (nSPS) is 9.79. The second kappa shape index (κ2) is 5.58. The van der Waals surface area contributed by atoms with E-state index < -0.39 is 0 Å². The molecule has 0 bridgehead atoms. The fourth-order valence-electron chi connectivity index (χ4n) is 0.954. The standard InChI is InChI=1S/C11H11ClO2/c1-2-7-14-8-11(13)9-3-5-10(12)6-4-9/h2-6H,1,7-8H2. The van der Waals surface area contributed by atoms with Crippen molar-refractivity contribution >= 4 is 17.4 Å². The van der Waals surface area contributed by atoms with Crippen molar-refractivity contribution in [1.29, 1.82) is 0 Å². The second-order valence-electron chi connectivity index (χ2n) is 2.73. The number of carbonyl (C=O) groups is 1. The molecule has 14 heavy (non-hydrogen) atoms. The fourth-order valence-corrected chi connectivity index (χ4v) is 1.08. The quantitative estimate of drug-likeness (QED) is 0.424. The molecule has 0 aliphatic carbocycles. The minimum atomic E-state index is -0.0523. The molecule has 0 unspecified atom stereocenters. The third-order valence-electron chi connectivity index (χ3n) is 1.64. The Morgan fingerprint density at radius 1 is 1.43 bits per heavy atom. The van der Waals surface area contributed by atoms with Gasteiger partial charge in [0.05, 0.1) is 6.61 Å². The van der Waals surface area contributed by atoms with Gasteiger partial charge in [0.25, 0.3) is 0 Å². The highest BCUT2D eigenvalue weighted by Crippen LogP contribution is 2.09. The van der Waals surface area contributed by atoms with Crippen LogP contribution in [0.4, 0.5) is 0 Å². The minimum Gasteiger partial charge on any atom is -0.369 e. The van der Waals surface area contributed by atoms with Crippen LogP contribution in [-0.2, 0) is 4.74 Å². The van der Waals surface area contributed by atoms with Crippen LogP contribution in [0.3, 0.4) is 0 Å². The predicted molar refractivity (Wildman–Crippen MR) is 56.8 cm³/mol. The molecule has 2 nitrogen and oxygen atoms in total. The zero-order valence-electron chi connectivity index (χ0n) is 7.70. The SMILES string of the molecule is C=CCOCC(=O)c1ccc(Cl)cc1. The Kier molecular flexibility index (Phi) is 4.36. The maximum absolute atomic E-state index is 11.4. The summed E-state index contributed by atoms with van der Waals surface area (Å²) >= 11 is 5.69. The van der Waals surface area contributed by atoms with Crippen LogP contribution in [0.2, 0.25) is 5.02 Å². The monoisotopic (exact) mass is 210 g/mol. The van der Waals surface area contributed by atoms with Crippen LogP contribution in [0.5, 0.6) is 0 Å². The summed E-state index contributed by atoms with van der Waals surface area (Å²) in [5, 5.41) is 0.619. The summed E-state index contributed by atoms with van der Waals surface area (Å²) in [6.45, 7) is 3.95. The molecule has 0 amide bonds. The molecule has 0 N–H and O–H groups in total. The Labute approximate surface area is 88.1 Å². The lowest BCUT2D eigenvalue weighted by atomic mass is 10.1. The average molecular weight is 211 g/mol. The molecule has 0 heterocycles. The summed E-state index contributed by atoms with van der Waals surface area (Å²) < 4.78 is 5.03. The van der Waals surface area contributed by atoms with Gasteiger partial charge >= 0.3 is 0 Å². The number of ketones is 1. The van der Waals surface area contributed by atoms with Crippen LogP contribution >= 0.6 is 11.6 Å². The van der Waals surface area contributed by atoms with Gasteiger partial charge in [-0.25, -0.2) is 0 Å². The molecule has 74 valence electrons. The number of Topliss-reactive ketones (excluding diaryl/α,β-unsaturated/α-hetero) is 1. The van der Waals surface area contributed by atoms with Crippen molar-refractivity contribution in [1.82, 2.24) is 0 Å². The molecule has 0 radical (unpaired) electrons. The van der Waals surface area contributed by atoms with E-state index in [1.54, 1.807) is 30.3 Å². The third-order valence-corrected chi connectivity index (χ3v) is 1.89. The van der Waals surface area contributed by atoms with E-state index in [0.29, 0.717) is 17.2 Å². The van der Waals surface area contributed by atoms with Crippen molar-refractivity contribution in [3.05, 3.63) is 47.5 Å². The average Bonchev–Trinajstić information content (AvgIpc) is 2.19. The lowest BCUT2D eigenvalue weighted by Gasteiger charge is -2.00. The minimum absolute atomic E-state index is 0.0523. The molecule has 0 aliphatic rings. The molecule has 0 saturated heterocycles. The topological polar surface area (TPSA) is 26.3 Å². The van der Waals surface area contributed by atoms with E-state index in [4.69, 9.17) is 16.3 Å². The molecule has 0 saturated carbocycles. The van der Waals surface area contributed by atoms with Crippen LogP contribution in [0.25, 0.3) is 0 Å². The lowest BCUT2D eigenvalue weighted by Crippen LogP contribution is -2.08. The molecule has 0 spiro atoms. The summed E-state index contributed by atoms with van der Waals surface area (Å²) in [6, 6.07) is 6.73. The van der Waals surface area contributed by atoms with Gasteiger partial charge in [-0.05, 0) is 24.3 Å². The van der Waals surface area contributed by atoms with Gasteiger partial charge in [-0.1, -0.05) is 17.7 Å². The Hall–Kier alpha value is -1.12. The van der Waals surface area contributed by atoms with Crippen LogP contribution < -0.4 is 0 Å². The van der Waals surface area contributed by atoms with Gasteiger partial charge in [-0.3, -0.25) is 4.79 Å². The van der Waals surface area contributed by atoms with E-state index in [1.807, 2.05) is 0 Å². The molecule has 0 atom stereocenters. The maximum Gasteiger partial charge on any atom is 0.188 e. The number of hydrogen-bond donors (Lipinski definition) is 0. The highest BCUT2D eigenvalue weighted by Gasteiger charge is 2.04. The number of halogens is 1. The molecule has 0 aromatic heterocycles. The molecule has 0 aliphatic heterocycles. The number of benzene rings is 1. The summed E-state index contributed by atoms with van der Waals surface area (Å²) in [7, 11) is 0. The van der Waals surface area contributed by atoms with E-state index in [2.05, 4.69) is 6.58 Å². The molecule has 1 aromatic rings. The smallest absolute Gasteiger partial charge is 0.188 e. The first kappa shape index (κ1) is 11.0. The van der Waals surface area contributed by atoms with E-state index in [0.717, 1.165) is 0 Å². The van der Waals surface area contributed by atoms with Crippen molar-refractivity contribution in [3.8, 4) is 0 Å². The summed E-state index contributed by atoms with van der Waals surface area (Å²) in [4.78, 5) is 11.4. The summed E-state index contributed by atoms with van der Waals surface area (Å²) in [5.74, 6) is -0.0523. The van der Waals surface area contributed by atoms with Gasteiger partial charge < -0.3 is 4.74 Å². The zero-order chi connectivity index (χ0) is 10.4. The first-order valence-corrected chi connectivity index (χ1v) is 4.59. The predicted octanol–water partition coefficient (Wildman–Crippen LogP) is 2.73. The van der Waals surface area contributed by atoms with E-state index in [1.165, 1.54) is 0 Å². The third kappa shape index (κ3) is 3.32. The highest BCUT2D eigenvalue weighted by atomic mass is 35.5. The maximum atomic E-state index is 11.4. The van der Waals surface area contributed by atoms with E-state index >= 15 is 0 Å². The molecule has 1 aromatic carbocycles. The molecule has 0 fully saturated rings. The van der Waals surface area contributed by atoms with Crippen LogP contribution in [0.1, 0.15) is 10.4 Å². The van der Waals surface area contributed by atoms with Gasteiger partial charge in [-0.2, -0.15) is 0 Å². The number of ether oxygens (including phenoxy) is 1. The van der Waals surface area contributed by atoms with Crippen molar-refractivity contribution in [2.24, 2.45) is 0 Å². The largest absolute Gasteiger partial charge is 0.369 e. The lowest BCUT2D eigenvalue weighted by molar-refractivity contribution is 0.0806. The van der Waals surface area contributed by atoms with Crippen molar-refractivity contribution < 1.29 is 9.53 Å². The first-order valence-electron chi connectivity index (χ1n) is 4.21. The molecule has 3 heteroatoms. The zero-order valence-corrected chi connectivity index (χ0v) is 8.46. The number of rotatable bonds is 5. The summed E-state index contributed by atoms with van der Waals surface area (Å²) in [6.07, 6.45) is 1.61. The molecular weight excluding hydrogens is 200 g/mol. The molecular formula is C11H11ClO2. The van der Waals surface area contributed by atoms with Crippen molar-refractivity contribution in [2.75, 3.05) is 13.2 Å². The van der Waals surface area contributed by atoms with Crippen molar-refractivity contribution in [3.63, 3.8) is 0 Å².